The quantitative estimate of drug-likeness (QED) is 0.445. The summed E-state index contributed by atoms with van der Waals surface area (Å²) in [5.74, 6) is 4.54. The minimum atomic E-state index is 0.382. The minimum absolute atomic E-state index is 0.382. The molecule has 0 aromatic carbocycles. The van der Waals surface area contributed by atoms with Gasteiger partial charge in [-0.1, -0.05) is 41.5 Å². The first-order valence-corrected chi connectivity index (χ1v) is 12.5. The second kappa shape index (κ2) is 12.0. The molecular weight excluding hydrogens is 398 g/mol. The van der Waals surface area contributed by atoms with E-state index in [1.165, 1.54) is 25.7 Å². The molecule has 5 heteroatoms. The topological polar surface area (TPSA) is 24.7 Å². The summed E-state index contributed by atoms with van der Waals surface area (Å²) in [6.45, 7) is 14.2. The third-order valence-corrected chi connectivity index (χ3v) is 6.01. The molecular formula is C20H36Cl2CoN2. The Balaban J connectivity index is 0.000000970. The van der Waals surface area contributed by atoms with Gasteiger partial charge >= 0.3 is 33.2 Å². The van der Waals surface area contributed by atoms with E-state index >= 15 is 0 Å². The van der Waals surface area contributed by atoms with E-state index < -0.39 is 0 Å². The summed E-state index contributed by atoms with van der Waals surface area (Å²) in [4.78, 5) is 9.71. The first kappa shape index (κ1) is 23.5. The van der Waals surface area contributed by atoms with Gasteiger partial charge in [0.05, 0.1) is 12.1 Å². The molecule has 0 spiro atoms. The van der Waals surface area contributed by atoms with Gasteiger partial charge in [-0.2, -0.15) is 0 Å². The SMILES string of the molecule is CC1CC(C)C(N=CC=NC2C(C)CC(C)CC2C)C(C)C1.[Cl][Co][Cl]. The maximum atomic E-state index is 4.85. The van der Waals surface area contributed by atoms with Gasteiger partial charge in [0, 0.05) is 12.4 Å². The predicted octanol–water partition coefficient (Wildman–Crippen LogP) is 6.65. The van der Waals surface area contributed by atoms with Gasteiger partial charge in [0.25, 0.3) is 0 Å². The Morgan fingerprint density at radius 3 is 1.12 bits per heavy atom. The number of rotatable bonds is 3. The second-order valence-corrected chi connectivity index (χ2v) is 10.4. The summed E-state index contributed by atoms with van der Waals surface area (Å²) in [5.41, 5.74) is 0. The normalized spacial score (nSPS) is 42.6. The number of nitrogens with zero attached hydrogens (tertiary/aromatic N) is 2. The molecule has 2 rings (SSSR count). The van der Waals surface area contributed by atoms with Crippen LogP contribution in [0.1, 0.15) is 67.2 Å². The van der Waals surface area contributed by atoms with Gasteiger partial charge in [0.1, 0.15) is 0 Å². The standard InChI is InChI=1S/C20H36N2.2ClH.Co/c1-13-9-15(3)19(16(4)10-13)21-7-8-22-20-17(5)11-14(2)12-18(20)6;;;/h7-8,13-20H,9-12H2,1-6H3;2*1H;/q;;;+2/p-2. The summed E-state index contributed by atoms with van der Waals surface area (Å²) in [5, 5.41) is 0. The first-order chi connectivity index (χ1) is 11.8. The number of halogens is 2. The van der Waals surface area contributed by atoms with Gasteiger partial charge in [0.15, 0.2) is 0 Å². The van der Waals surface area contributed by atoms with Crippen molar-refractivity contribution in [3.8, 4) is 0 Å². The second-order valence-electron chi connectivity index (χ2n) is 8.69. The molecule has 149 valence electrons. The van der Waals surface area contributed by atoms with E-state index in [1.807, 2.05) is 12.4 Å². The number of hydrogen-bond donors (Lipinski definition) is 0. The molecule has 2 fully saturated rings. The summed E-state index contributed by atoms with van der Waals surface area (Å²) in [7, 11) is 9.47. The fourth-order valence-corrected chi connectivity index (χ4v) is 5.27. The molecule has 0 saturated heterocycles. The average Bonchev–Trinajstić information content (AvgIpc) is 2.48. The van der Waals surface area contributed by atoms with Gasteiger partial charge in [-0.3, -0.25) is 9.98 Å². The van der Waals surface area contributed by atoms with Crippen LogP contribution in [0.4, 0.5) is 0 Å². The van der Waals surface area contributed by atoms with Crippen LogP contribution >= 0.6 is 20.3 Å². The number of aliphatic imine (C=N–C) groups is 2. The molecule has 2 aliphatic rings. The maximum absolute atomic E-state index is 4.85. The Labute approximate surface area is 170 Å². The van der Waals surface area contributed by atoms with Crippen molar-refractivity contribution in [2.45, 2.75) is 79.3 Å². The summed E-state index contributed by atoms with van der Waals surface area (Å²) < 4.78 is 0. The molecule has 0 N–H and O–H groups in total. The van der Waals surface area contributed by atoms with Gasteiger partial charge in [-0.15, -0.1) is 0 Å². The van der Waals surface area contributed by atoms with E-state index in [1.54, 1.807) is 0 Å². The van der Waals surface area contributed by atoms with Gasteiger partial charge in [0.2, 0.25) is 0 Å². The van der Waals surface area contributed by atoms with E-state index in [4.69, 9.17) is 30.3 Å². The van der Waals surface area contributed by atoms with Crippen molar-refractivity contribution in [3.63, 3.8) is 0 Å². The van der Waals surface area contributed by atoms with Crippen molar-refractivity contribution in [2.75, 3.05) is 0 Å². The van der Waals surface area contributed by atoms with Crippen LogP contribution in [0.25, 0.3) is 0 Å². The Bertz CT molecular complexity index is 368. The van der Waals surface area contributed by atoms with Crippen molar-refractivity contribution in [2.24, 2.45) is 45.5 Å². The van der Waals surface area contributed by atoms with Crippen molar-refractivity contribution >= 4 is 32.7 Å². The number of hydrogen-bond acceptors (Lipinski definition) is 2. The Morgan fingerprint density at radius 1 is 0.640 bits per heavy atom. The third-order valence-electron chi connectivity index (χ3n) is 6.01. The van der Waals surface area contributed by atoms with Crippen molar-refractivity contribution < 1.29 is 12.9 Å². The van der Waals surface area contributed by atoms with Crippen molar-refractivity contribution in [1.29, 1.82) is 0 Å². The molecule has 0 heterocycles. The van der Waals surface area contributed by atoms with Crippen LogP contribution in [0.3, 0.4) is 0 Å². The van der Waals surface area contributed by atoms with E-state index in [2.05, 4.69) is 41.5 Å². The molecule has 0 amide bonds. The van der Waals surface area contributed by atoms with Crippen LogP contribution in [-0.2, 0) is 12.9 Å². The summed E-state index contributed by atoms with van der Waals surface area (Å²) >= 11 is 0.382. The van der Waals surface area contributed by atoms with Gasteiger partial charge in [-0.05, 0) is 61.2 Å². The molecule has 2 nitrogen and oxygen atoms in total. The average molecular weight is 434 g/mol. The molecule has 2 saturated carbocycles. The van der Waals surface area contributed by atoms with Crippen LogP contribution in [0.15, 0.2) is 9.98 Å². The van der Waals surface area contributed by atoms with Crippen LogP contribution in [0, 0.1) is 35.5 Å². The first-order valence-electron chi connectivity index (χ1n) is 9.68. The molecule has 0 aromatic rings. The van der Waals surface area contributed by atoms with E-state index in [9.17, 15) is 0 Å². The molecule has 0 radical (unpaired) electrons. The van der Waals surface area contributed by atoms with Crippen LogP contribution < -0.4 is 0 Å². The molecule has 25 heavy (non-hydrogen) atoms. The molecule has 2 aliphatic carbocycles. The molecule has 4 unspecified atom stereocenters. The van der Waals surface area contributed by atoms with Crippen molar-refractivity contribution in [3.05, 3.63) is 0 Å². The van der Waals surface area contributed by atoms with Crippen molar-refractivity contribution in [1.82, 2.24) is 0 Å². The van der Waals surface area contributed by atoms with E-state index in [0.29, 0.717) is 48.6 Å². The van der Waals surface area contributed by atoms with E-state index in [-0.39, 0.29) is 0 Å². The predicted molar refractivity (Wildman–Crippen MR) is 110 cm³/mol. The third kappa shape index (κ3) is 7.90. The molecule has 0 aromatic heterocycles. The summed E-state index contributed by atoms with van der Waals surface area (Å²) in [6.07, 6.45) is 9.25. The fraction of sp³-hybridized carbons (Fsp3) is 0.900. The Kier molecular flexibility index (Phi) is 11.3. The van der Waals surface area contributed by atoms with Crippen LogP contribution in [0.5, 0.6) is 0 Å². The molecule has 0 aliphatic heterocycles. The van der Waals surface area contributed by atoms with E-state index in [0.717, 1.165) is 11.8 Å². The zero-order valence-electron chi connectivity index (χ0n) is 16.6. The monoisotopic (exact) mass is 433 g/mol. The molecule has 4 atom stereocenters. The van der Waals surface area contributed by atoms with Crippen LogP contribution in [0.2, 0.25) is 0 Å². The molecule has 0 bridgehead atoms. The van der Waals surface area contributed by atoms with Crippen LogP contribution in [-0.4, -0.2) is 24.5 Å². The van der Waals surface area contributed by atoms with Gasteiger partial charge in [-0.25, -0.2) is 0 Å². The Hall–Kier alpha value is 0.426. The summed E-state index contributed by atoms with van der Waals surface area (Å²) in [6, 6.07) is 0.979. The van der Waals surface area contributed by atoms with Gasteiger partial charge < -0.3 is 0 Å². The zero-order valence-corrected chi connectivity index (χ0v) is 19.1. The Morgan fingerprint density at radius 2 is 0.880 bits per heavy atom. The zero-order chi connectivity index (χ0) is 19.0. The fourth-order valence-electron chi connectivity index (χ4n) is 5.27.